The van der Waals surface area contributed by atoms with Crippen LogP contribution < -0.4 is 5.23 Å². The fraction of sp³-hybridized carbons (Fsp3) is 1.00. The molecule has 0 amide bonds. The summed E-state index contributed by atoms with van der Waals surface area (Å²) in [5.74, 6) is 0. The van der Waals surface area contributed by atoms with Gasteiger partial charge in [0.15, 0.2) is 7.98 Å². The SMILES string of the molecule is [B]NC(CC)CCCCCCCC(C)(C)CC. The Morgan fingerprint density at radius 1 is 1.00 bits per heavy atom. The van der Waals surface area contributed by atoms with Gasteiger partial charge in [-0.05, 0) is 30.7 Å². The summed E-state index contributed by atoms with van der Waals surface area (Å²) in [6.45, 7) is 9.25. The lowest BCUT2D eigenvalue weighted by molar-refractivity contribution is 0.307. The monoisotopic (exact) mass is 237 g/mol. The first kappa shape index (κ1) is 17.0. The third-order valence-corrected chi connectivity index (χ3v) is 4.09. The third kappa shape index (κ3) is 9.70. The Balaban J connectivity index is 3.30. The molecule has 0 aliphatic carbocycles. The lowest BCUT2D eigenvalue weighted by Crippen LogP contribution is -2.25. The molecule has 0 heterocycles. The topological polar surface area (TPSA) is 12.0 Å². The molecular formula is C15H32BN. The number of hydrogen-bond acceptors (Lipinski definition) is 1. The molecule has 1 atom stereocenters. The van der Waals surface area contributed by atoms with Crippen molar-refractivity contribution in [1.82, 2.24) is 5.23 Å². The second kappa shape index (κ2) is 9.99. The molecule has 1 nitrogen and oxygen atoms in total. The van der Waals surface area contributed by atoms with Crippen LogP contribution in [0.25, 0.3) is 0 Å². The molecule has 0 rings (SSSR count). The quantitative estimate of drug-likeness (QED) is 0.409. The van der Waals surface area contributed by atoms with Gasteiger partial charge in [0.1, 0.15) is 0 Å². The van der Waals surface area contributed by atoms with Gasteiger partial charge in [0.25, 0.3) is 0 Å². The maximum absolute atomic E-state index is 5.46. The Morgan fingerprint density at radius 3 is 2.12 bits per heavy atom. The molecule has 0 aliphatic heterocycles. The van der Waals surface area contributed by atoms with Crippen molar-refractivity contribution >= 4 is 7.98 Å². The van der Waals surface area contributed by atoms with E-state index in [9.17, 15) is 0 Å². The summed E-state index contributed by atoms with van der Waals surface area (Å²) in [5, 5.41) is 2.88. The minimum Gasteiger partial charge on any atom is -0.364 e. The fourth-order valence-electron chi connectivity index (χ4n) is 2.11. The van der Waals surface area contributed by atoms with Crippen LogP contribution >= 0.6 is 0 Å². The zero-order valence-electron chi connectivity index (χ0n) is 12.5. The molecule has 0 aromatic rings. The molecular weight excluding hydrogens is 205 g/mol. The first-order chi connectivity index (χ1) is 8.05. The van der Waals surface area contributed by atoms with Crippen molar-refractivity contribution in [2.45, 2.75) is 91.5 Å². The Kier molecular flexibility index (Phi) is 10.0. The van der Waals surface area contributed by atoms with Crippen molar-refractivity contribution in [1.29, 1.82) is 0 Å². The van der Waals surface area contributed by atoms with Crippen molar-refractivity contribution in [3.05, 3.63) is 0 Å². The van der Waals surface area contributed by atoms with E-state index < -0.39 is 0 Å². The average molecular weight is 237 g/mol. The van der Waals surface area contributed by atoms with Gasteiger partial charge < -0.3 is 5.23 Å². The molecule has 0 aliphatic rings. The highest BCUT2D eigenvalue weighted by Gasteiger charge is 2.13. The van der Waals surface area contributed by atoms with Crippen molar-refractivity contribution in [2.24, 2.45) is 5.41 Å². The van der Waals surface area contributed by atoms with Gasteiger partial charge in [-0.1, -0.05) is 66.2 Å². The van der Waals surface area contributed by atoms with E-state index in [-0.39, 0.29) is 0 Å². The minimum atomic E-state index is 0.522. The van der Waals surface area contributed by atoms with Crippen LogP contribution in [0, 0.1) is 5.41 Å². The van der Waals surface area contributed by atoms with Gasteiger partial charge in [-0.2, -0.15) is 0 Å². The van der Waals surface area contributed by atoms with E-state index in [1.165, 1.54) is 51.4 Å². The molecule has 0 saturated heterocycles. The Hall–Kier alpha value is 0.0249. The second-order valence-corrected chi connectivity index (χ2v) is 6.10. The molecule has 0 spiro atoms. The highest BCUT2D eigenvalue weighted by Crippen LogP contribution is 2.27. The standard InChI is InChI=1S/C15H32BN/c1-5-14(17-16)12-10-8-7-9-11-13-15(3,4)6-2/h14,17H,5-13H2,1-4H3. The minimum absolute atomic E-state index is 0.522. The normalized spacial score (nSPS) is 13.9. The van der Waals surface area contributed by atoms with Gasteiger partial charge in [0, 0.05) is 0 Å². The highest BCUT2D eigenvalue weighted by molar-refractivity contribution is 6.04. The van der Waals surface area contributed by atoms with Crippen LogP contribution in [0.15, 0.2) is 0 Å². The smallest absolute Gasteiger partial charge is 0.178 e. The van der Waals surface area contributed by atoms with Crippen LogP contribution in [0.4, 0.5) is 0 Å². The number of unbranched alkanes of at least 4 members (excludes halogenated alkanes) is 4. The largest absolute Gasteiger partial charge is 0.364 e. The van der Waals surface area contributed by atoms with E-state index in [1.54, 1.807) is 0 Å². The van der Waals surface area contributed by atoms with Gasteiger partial charge in [0.2, 0.25) is 0 Å². The lowest BCUT2D eigenvalue weighted by Gasteiger charge is -2.22. The van der Waals surface area contributed by atoms with Crippen molar-refractivity contribution < 1.29 is 0 Å². The Morgan fingerprint density at radius 2 is 1.59 bits per heavy atom. The zero-order chi connectivity index (χ0) is 13.1. The van der Waals surface area contributed by atoms with E-state index in [1.807, 2.05) is 0 Å². The number of rotatable bonds is 11. The highest BCUT2D eigenvalue weighted by atomic mass is 14.8. The molecule has 1 unspecified atom stereocenters. The molecule has 1 N–H and O–H groups in total. The van der Waals surface area contributed by atoms with Crippen molar-refractivity contribution in [3.8, 4) is 0 Å². The van der Waals surface area contributed by atoms with E-state index in [0.717, 1.165) is 6.42 Å². The molecule has 2 radical (unpaired) electrons. The van der Waals surface area contributed by atoms with Crippen LogP contribution in [-0.4, -0.2) is 14.0 Å². The Labute approximate surface area is 111 Å². The average Bonchev–Trinajstić information content (AvgIpc) is 2.33. The number of hydrogen-bond donors (Lipinski definition) is 1. The summed E-state index contributed by atoms with van der Waals surface area (Å²) >= 11 is 0. The van der Waals surface area contributed by atoms with E-state index in [0.29, 0.717) is 11.5 Å². The van der Waals surface area contributed by atoms with Crippen LogP contribution in [0.2, 0.25) is 0 Å². The summed E-state index contributed by atoms with van der Waals surface area (Å²) in [6.07, 6.45) is 11.9. The molecule has 0 fully saturated rings. The zero-order valence-corrected chi connectivity index (χ0v) is 12.5. The molecule has 0 bridgehead atoms. The second-order valence-electron chi connectivity index (χ2n) is 6.10. The van der Waals surface area contributed by atoms with Crippen molar-refractivity contribution in [2.75, 3.05) is 0 Å². The third-order valence-electron chi connectivity index (χ3n) is 4.09. The van der Waals surface area contributed by atoms with Crippen molar-refractivity contribution in [3.63, 3.8) is 0 Å². The van der Waals surface area contributed by atoms with E-state index >= 15 is 0 Å². The van der Waals surface area contributed by atoms with Crippen LogP contribution in [-0.2, 0) is 0 Å². The first-order valence-electron chi connectivity index (χ1n) is 7.52. The molecule has 2 heteroatoms. The number of nitrogens with one attached hydrogen (secondary N) is 1. The molecule has 0 saturated carbocycles. The summed E-state index contributed by atoms with van der Waals surface area (Å²) < 4.78 is 0. The molecule has 17 heavy (non-hydrogen) atoms. The predicted molar refractivity (Wildman–Crippen MR) is 79.4 cm³/mol. The summed E-state index contributed by atoms with van der Waals surface area (Å²) in [6, 6.07) is 0.522. The molecule has 0 aromatic carbocycles. The van der Waals surface area contributed by atoms with Gasteiger partial charge in [-0.15, -0.1) is 0 Å². The summed E-state index contributed by atoms with van der Waals surface area (Å²) in [7, 11) is 5.46. The first-order valence-corrected chi connectivity index (χ1v) is 7.52. The maximum Gasteiger partial charge on any atom is 0.178 e. The summed E-state index contributed by atoms with van der Waals surface area (Å²) in [5.41, 5.74) is 0.552. The van der Waals surface area contributed by atoms with Gasteiger partial charge in [-0.25, -0.2) is 0 Å². The molecule has 100 valence electrons. The maximum atomic E-state index is 5.46. The van der Waals surface area contributed by atoms with Crippen LogP contribution in [0.5, 0.6) is 0 Å². The summed E-state index contributed by atoms with van der Waals surface area (Å²) in [4.78, 5) is 0. The molecule has 0 aromatic heterocycles. The van der Waals surface area contributed by atoms with Gasteiger partial charge in [0.05, 0.1) is 0 Å². The fourth-order valence-corrected chi connectivity index (χ4v) is 2.11. The lowest BCUT2D eigenvalue weighted by atomic mass is 9.84. The predicted octanol–water partition coefficient (Wildman–Crippen LogP) is 4.61. The van der Waals surface area contributed by atoms with E-state index in [4.69, 9.17) is 7.98 Å². The van der Waals surface area contributed by atoms with Gasteiger partial charge >= 0.3 is 0 Å². The van der Waals surface area contributed by atoms with Crippen LogP contribution in [0.1, 0.15) is 85.5 Å². The van der Waals surface area contributed by atoms with Gasteiger partial charge in [-0.3, -0.25) is 0 Å². The Bertz CT molecular complexity index is 164. The van der Waals surface area contributed by atoms with E-state index in [2.05, 4.69) is 32.9 Å². The van der Waals surface area contributed by atoms with Crippen LogP contribution in [0.3, 0.4) is 0 Å².